The third-order valence-electron chi connectivity index (χ3n) is 1.17. The van der Waals surface area contributed by atoms with Gasteiger partial charge in [-0.15, -0.1) is 0 Å². The fourth-order valence-corrected chi connectivity index (χ4v) is 0.882. The van der Waals surface area contributed by atoms with Crippen molar-refractivity contribution >= 4 is 22.0 Å². The van der Waals surface area contributed by atoms with Crippen molar-refractivity contribution in [1.82, 2.24) is 0 Å². The summed E-state index contributed by atoms with van der Waals surface area (Å²) in [6.45, 7) is 0. The van der Waals surface area contributed by atoms with Crippen molar-refractivity contribution < 1.29 is 13.6 Å². The third kappa shape index (κ3) is 2.44. The lowest BCUT2D eigenvalue weighted by atomic mass is 10.3. The van der Waals surface area contributed by atoms with Gasteiger partial charge < -0.3 is 9.87 Å². The van der Waals surface area contributed by atoms with E-state index < -0.39 is 16.3 Å². The van der Waals surface area contributed by atoms with Gasteiger partial charge in [-0.25, -0.2) is 0 Å². The molecule has 0 aromatic heterocycles. The molecule has 12 heavy (non-hydrogen) atoms. The number of carbonyl (C=O) groups is 1. The van der Waals surface area contributed by atoms with Gasteiger partial charge in [-0.3, -0.25) is 9.00 Å². The van der Waals surface area contributed by atoms with Gasteiger partial charge in [0.1, 0.15) is 0 Å². The molecule has 0 aliphatic carbocycles. The fourth-order valence-electron chi connectivity index (χ4n) is 0.681. The van der Waals surface area contributed by atoms with Crippen LogP contribution in [-0.4, -0.2) is 14.0 Å². The Labute approximate surface area is 71.9 Å². The number of hydrogen-bond donors (Lipinski definition) is 1. The highest BCUT2D eigenvalue weighted by atomic mass is 32.2. The minimum Gasteiger partial charge on any atom is -0.765 e. The smallest absolute Gasteiger partial charge is 0.300 e. The summed E-state index contributed by atoms with van der Waals surface area (Å²) in [5.74, 6) is 0. The van der Waals surface area contributed by atoms with Crippen LogP contribution in [0.15, 0.2) is 30.3 Å². The van der Waals surface area contributed by atoms with Crippen LogP contribution in [0.2, 0.25) is 0 Å². The Morgan fingerprint density at radius 3 is 2.42 bits per heavy atom. The van der Waals surface area contributed by atoms with E-state index in [-0.39, 0.29) is 0 Å². The summed E-state index contributed by atoms with van der Waals surface area (Å²) in [7, 11) is 0. The number of hydrogen-bond acceptors (Lipinski definition) is 3. The zero-order chi connectivity index (χ0) is 8.97. The van der Waals surface area contributed by atoms with Crippen LogP contribution in [0.5, 0.6) is 0 Å². The van der Waals surface area contributed by atoms with Crippen LogP contribution >= 0.6 is 0 Å². The molecule has 0 bridgehead atoms. The molecule has 0 spiro atoms. The van der Waals surface area contributed by atoms with E-state index in [1.165, 1.54) is 0 Å². The number of amides is 1. The van der Waals surface area contributed by atoms with Crippen molar-refractivity contribution in [3.05, 3.63) is 30.3 Å². The molecule has 1 N–H and O–H groups in total. The van der Waals surface area contributed by atoms with Crippen molar-refractivity contribution in [2.24, 2.45) is 0 Å². The number of rotatable bonds is 1. The Hall–Kier alpha value is -1.20. The Morgan fingerprint density at radius 2 is 1.92 bits per heavy atom. The molecule has 1 aromatic rings. The van der Waals surface area contributed by atoms with Crippen LogP contribution < -0.4 is 5.32 Å². The van der Waals surface area contributed by atoms with Gasteiger partial charge in [0, 0.05) is 16.8 Å². The monoisotopic (exact) mass is 184 g/mol. The fraction of sp³-hybridized carbons (Fsp3) is 0. The summed E-state index contributed by atoms with van der Waals surface area (Å²) in [5, 5.41) is 1.16. The first-order chi connectivity index (χ1) is 5.70. The Morgan fingerprint density at radius 1 is 1.33 bits per heavy atom. The predicted molar refractivity (Wildman–Crippen MR) is 44.4 cm³/mol. The zero-order valence-corrected chi connectivity index (χ0v) is 6.84. The van der Waals surface area contributed by atoms with E-state index in [9.17, 15) is 13.6 Å². The first kappa shape index (κ1) is 8.89. The topological polar surface area (TPSA) is 69.2 Å². The number of nitrogens with one attached hydrogen (secondary N) is 1. The largest absolute Gasteiger partial charge is 0.765 e. The van der Waals surface area contributed by atoms with E-state index in [0.717, 1.165) is 0 Å². The first-order valence-electron chi connectivity index (χ1n) is 3.15. The second-order valence-corrected chi connectivity index (χ2v) is 2.85. The number of anilines is 1. The van der Waals surface area contributed by atoms with E-state index in [0.29, 0.717) is 5.69 Å². The zero-order valence-electron chi connectivity index (χ0n) is 6.02. The molecule has 0 saturated heterocycles. The molecule has 0 radical (unpaired) electrons. The highest BCUT2D eigenvalue weighted by Crippen LogP contribution is 2.05. The van der Waals surface area contributed by atoms with Crippen molar-refractivity contribution in [3.8, 4) is 0 Å². The van der Waals surface area contributed by atoms with Crippen molar-refractivity contribution in [3.63, 3.8) is 0 Å². The van der Waals surface area contributed by atoms with Crippen LogP contribution in [0.25, 0.3) is 0 Å². The highest BCUT2D eigenvalue weighted by Gasteiger charge is 1.99. The molecule has 0 saturated carbocycles. The maximum Gasteiger partial charge on any atom is 0.300 e. The Balaban J connectivity index is 2.65. The average Bonchev–Trinajstić information content (AvgIpc) is 2.06. The lowest BCUT2D eigenvalue weighted by molar-refractivity contribution is 0.267. The molecule has 0 heterocycles. The number of para-hydroxylation sites is 1. The molecular weight excluding hydrogens is 178 g/mol. The molecule has 4 nitrogen and oxygen atoms in total. The Kier molecular flexibility index (Phi) is 2.95. The van der Waals surface area contributed by atoms with Gasteiger partial charge >= 0.3 is 0 Å². The molecule has 1 unspecified atom stereocenters. The van der Waals surface area contributed by atoms with Crippen LogP contribution in [0.4, 0.5) is 10.5 Å². The molecule has 64 valence electrons. The number of carbonyl (C=O) groups excluding carboxylic acids is 1. The predicted octanol–water partition coefficient (Wildman–Crippen LogP) is 1.10. The SMILES string of the molecule is O=C(Nc1ccccc1)S(=O)[O-]. The summed E-state index contributed by atoms with van der Waals surface area (Å²) >= 11 is -2.71. The molecule has 5 heteroatoms. The molecule has 1 amide bonds. The minimum absolute atomic E-state index is 0.465. The van der Waals surface area contributed by atoms with Gasteiger partial charge in [0.25, 0.3) is 5.24 Å². The second-order valence-electron chi connectivity index (χ2n) is 2.01. The maximum absolute atomic E-state index is 10.6. The molecular formula is C7H6NO3S-. The van der Waals surface area contributed by atoms with Gasteiger partial charge in [-0.1, -0.05) is 18.2 Å². The summed E-state index contributed by atoms with van der Waals surface area (Å²) in [6, 6.07) is 8.37. The van der Waals surface area contributed by atoms with Crippen LogP contribution in [-0.2, 0) is 11.1 Å². The van der Waals surface area contributed by atoms with E-state index in [1.807, 2.05) is 0 Å². The average molecular weight is 184 g/mol. The van der Waals surface area contributed by atoms with Crippen molar-refractivity contribution in [2.75, 3.05) is 5.32 Å². The summed E-state index contributed by atoms with van der Waals surface area (Å²) in [5.41, 5.74) is 0.465. The summed E-state index contributed by atoms with van der Waals surface area (Å²) in [4.78, 5) is 10.6. The Bertz CT molecular complexity index is 299. The van der Waals surface area contributed by atoms with Gasteiger partial charge in [-0.2, -0.15) is 0 Å². The van der Waals surface area contributed by atoms with Crippen LogP contribution in [0, 0.1) is 0 Å². The lowest BCUT2D eigenvalue weighted by Gasteiger charge is -2.05. The minimum atomic E-state index is -2.71. The van der Waals surface area contributed by atoms with Gasteiger partial charge in [0.2, 0.25) is 0 Å². The lowest BCUT2D eigenvalue weighted by Crippen LogP contribution is -2.14. The van der Waals surface area contributed by atoms with E-state index in [1.54, 1.807) is 30.3 Å². The highest BCUT2D eigenvalue weighted by molar-refractivity contribution is 7.95. The van der Waals surface area contributed by atoms with Crippen molar-refractivity contribution in [2.45, 2.75) is 0 Å². The van der Waals surface area contributed by atoms with E-state index in [2.05, 4.69) is 5.32 Å². The van der Waals surface area contributed by atoms with Crippen LogP contribution in [0.3, 0.4) is 0 Å². The first-order valence-corrected chi connectivity index (χ1v) is 4.23. The maximum atomic E-state index is 10.6. The quantitative estimate of drug-likeness (QED) is 0.664. The molecule has 1 aromatic carbocycles. The normalized spacial score (nSPS) is 12.1. The molecule has 1 atom stereocenters. The second kappa shape index (κ2) is 3.99. The van der Waals surface area contributed by atoms with E-state index >= 15 is 0 Å². The third-order valence-corrected chi connectivity index (χ3v) is 1.58. The summed E-state index contributed by atoms with van der Waals surface area (Å²) in [6.07, 6.45) is 0. The van der Waals surface area contributed by atoms with Gasteiger partial charge in [0.05, 0.1) is 0 Å². The molecule has 0 aliphatic rings. The molecule has 0 aliphatic heterocycles. The van der Waals surface area contributed by atoms with E-state index in [4.69, 9.17) is 0 Å². The van der Waals surface area contributed by atoms with Crippen LogP contribution in [0.1, 0.15) is 0 Å². The van der Waals surface area contributed by atoms with Gasteiger partial charge in [-0.05, 0) is 12.1 Å². The molecule has 1 rings (SSSR count). The summed E-state index contributed by atoms with van der Waals surface area (Å²) < 4.78 is 20.2. The molecule has 0 fully saturated rings. The van der Waals surface area contributed by atoms with Gasteiger partial charge in [0.15, 0.2) is 0 Å². The standard InChI is InChI=1S/C7H7NO3S/c9-7(12(10)11)8-6-4-2-1-3-5-6/h1-5H,(H,8,9)(H,10,11)/p-1. The van der Waals surface area contributed by atoms with Crippen molar-refractivity contribution in [1.29, 1.82) is 0 Å². The number of benzene rings is 1.